The molecule has 1 heterocycles. The molecule has 2 unspecified atom stereocenters. The lowest BCUT2D eigenvalue weighted by atomic mass is 10.0. The van der Waals surface area contributed by atoms with E-state index in [1.807, 2.05) is 0 Å². The summed E-state index contributed by atoms with van der Waals surface area (Å²) in [6.07, 6.45) is 1.67. The summed E-state index contributed by atoms with van der Waals surface area (Å²) < 4.78 is 12.9. The van der Waals surface area contributed by atoms with Crippen molar-refractivity contribution < 1.29 is 9.50 Å². The van der Waals surface area contributed by atoms with E-state index in [1.54, 1.807) is 23.9 Å². The van der Waals surface area contributed by atoms with Gasteiger partial charge in [0.25, 0.3) is 0 Å². The van der Waals surface area contributed by atoms with Crippen LogP contribution in [0.3, 0.4) is 0 Å². The van der Waals surface area contributed by atoms with Gasteiger partial charge < -0.3 is 5.11 Å². The van der Waals surface area contributed by atoms with Crippen molar-refractivity contribution in [3.05, 3.63) is 35.6 Å². The third kappa shape index (κ3) is 2.10. The molecular weight excluding hydrogens is 199 g/mol. The summed E-state index contributed by atoms with van der Waals surface area (Å²) in [5, 5.41) is 10.2. The molecule has 1 aliphatic rings. The van der Waals surface area contributed by atoms with Crippen LogP contribution in [0.1, 0.15) is 24.5 Å². The molecule has 76 valence electrons. The van der Waals surface area contributed by atoms with Crippen LogP contribution >= 0.6 is 11.8 Å². The van der Waals surface area contributed by atoms with Crippen molar-refractivity contribution in [1.82, 2.24) is 0 Å². The van der Waals surface area contributed by atoms with E-state index in [0.717, 1.165) is 18.6 Å². The molecule has 1 aliphatic heterocycles. The van der Waals surface area contributed by atoms with Crippen LogP contribution in [0.5, 0.6) is 0 Å². The first-order valence-corrected chi connectivity index (χ1v) is 5.87. The van der Waals surface area contributed by atoms with Gasteiger partial charge in [0.05, 0.1) is 6.10 Å². The molecule has 0 aliphatic carbocycles. The van der Waals surface area contributed by atoms with Gasteiger partial charge in [-0.1, -0.05) is 12.1 Å². The van der Waals surface area contributed by atoms with Crippen LogP contribution in [-0.4, -0.2) is 16.1 Å². The minimum atomic E-state index is -0.516. The number of thioether (sulfide) groups is 1. The van der Waals surface area contributed by atoms with E-state index < -0.39 is 6.10 Å². The second-order valence-electron chi connectivity index (χ2n) is 3.55. The van der Waals surface area contributed by atoms with Crippen LogP contribution in [0.25, 0.3) is 0 Å². The van der Waals surface area contributed by atoms with Crippen LogP contribution in [0.2, 0.25) is 0 Å². The van der Waals surface area contributed by atoms with Crippen LogP contribution in [-0.2, 0) is 0 Å². The minimum Gasteiger partial charge on any atom is -0.387 e. The van der Waals surface area contributed by atoms with Crippen LogP contribution < -0.4 is 0 Å². The zero-order chi connectivity index (χ0) is 9.97. The van der Waals surface area contributed by atoms with Crippen molar-refractivity contribution >= 4 is 11.8 Å². The quantitative estimate of drug-likeness (QED) is 0.813. The van der Waals surface area contributed by atoms with Crippen molar-refractivity contribution in [1.29, 1.82) is 0 Å². The van der Waals surface area contributed by atoms with Gasteiger partial charge in [-0.15, -0.1) is 0 Å². The Morgan fingerprint density at radius 3 is 3.00 bits per heavy atom. The summed E-state index contributed by atoms with van der Waals surface area (Å²) in [5.74, 6) is 0.835. The molecule has 2 rings (SSSR count). The summed E-state index contributed by atoms with van der Waals surface area (Å²) in [4.78, 5) is 0. The predicted molar refractivity (Wildman–Crippen MR) is 56.8 cm³/mol. The zero-order valence-electron chi connectivity index (χ0n) is 7.82. The Balaban J connectivity index is 2.13. The summed E-state index contributed by atoms with van der Waals surface area (Å²) in [6, 6.07) is 6.25. The SMILES string of the molecule is OC(c1cccc(F)c1)C1CCCS1. The van der Waals surface area contributed by atoms with E-state index in [-0.39, 0.29) is 11.1 Å². The number of aliphatic hydroxyl groups excluding tert-OH is 1. The molecule has 0 bridgehead atoms. The number of halogens is 1. The Morgan fingerprint density at radius 1 is 1.50 bits per heavy atom. The van der Waals surface area contributed by atoms with Gasteiger partial charge in [-0.25, -0.2) is 4.39 Å². The summed E-state index contributed by atoms with van der Waals surface area (Å²) in [7, 11) is 0. The second-order valence-corrected chi connectivity index (χ2v) is 4.90. The first kappa shape index (κ1) is 9.99. The number of hydrogen-bond donors (Lipinski definition) is 1. The third-order valence-electron chi connectivity index (χ3n) is 2.51. The highest BCUT2D eigenvalue weighted by molar-refractivity contribution is 8.00. The third-order valence-corrected chi connectivity index (χ3v) is 3.95. The summed E-state index contributed by atoms with van der Waals surface area (Å²) in [6.45, 7) is 0. The van der Waals surface area contributed by atoms with Gasteiger partial charge in [-0.05, 0) is 36.3 Å². The molecule has 0 radical (unpaired) electrons. The fourth-order valence-corrected chi connectivity index (χ4v) is 3.07. The minimum absolute atomic E-state index is 0.247. The molecule has 2 atom stereocenters. The van der Waals surface area contributed by atoms with Crippen molar-refractivity contribution in [3.8, 4) is 0 Å². The predicted octanol–water partition coefficient (Wildman–Crippen LogP) is 2.75. The molecule has 1 aromatic rings. The van der Waals surface area contributed by atoms with E-state index in [4.69, 9.17) is 0 Å². The van der Waals surface area contributed by atoms with Gasteiger partial charge in [0.1, 0.15) is 5.82 Å². The average molecular weight is 212 g/mol. The Labute approximate surface area is 87.3 Å². The molecule has 1 fully saturated rings. The fraction of sp³-hybridized carbons (Fsp3) is 0.455. The van der Waals surface area contributed by atoms with Crippen molar-refractivity contribution in [2.75, 3.05) is 5.75 Å². The monoisotopic (exact) mass is 212 g/mol. The Bertz CT molecular complexity index is 310. The molecule has 14 heavy (non-hydrogen) atoms. The lowest BCUT2D eigenvalue weighted by Crippen LogP contribution is -2.11. The van der Waals surface area contributed by atoms with E-state index >= 15 is 0 Å². The first-order valence-electron chi connectivity index (χ1n) is 4.82. The van der Waals surface area contributed by atoms with Crippen molar-refractivity contribution in [3.63, 3.8) is 0 Å². The first-order chi connectivity index (χ1) is 6.77. The van der Waals surface area contributed by atoms with Gasteiger partial charge in [0.15, 0.2) is 0 Å². The largest absolute Gasteiger partial charge is 0.387 e. The number of benzene rings is 1. The van der Waals surface area contributed by atoms with Crippen LogP contribution in [0, 0.1) is 5.82 Å². The van der Waals surface area contributed by atoms with E-state index in [1.165, 1.54) is 12.1 Å². The molecular formula is C11H13FOS. The zero-order valence-corrected chi connectivity index (χ0v) is 8.64. The van der Waals surface area contributed by atoms with Gasteiger partial charge in [-0.3, -0.25) is 0 Å². The molecule has 0 amide bonds. The Kier molecular flexibility index (Phi) is 3.08. The highest BCUT2D eigenvalue weighted by atomic mass is 32.2. The highest BCUT2D eigenvalue weighted by Gasteiger charge is 2.25. The summed E-state index contributed by atoms with van der Waals surface area (Å²) >= 11 is 1.78. The van der Waals surface area contributed by atoms with Gasteiger partial charge in [0, 0.05) is 5.25 Å². The fourth-order valence-electron chi connectivity index (χ4n) is 1.76. The Hall–Kier alpha value is -0.540. The highest BCUT2D eigenvalue weighted by Crippen LogP contribution is 2.35. The summed E-state index contributed by atoms with van der Waals surface area (Å²) in [5.41, 5.74) is 0.699. The molecule has 1 nitrogen and oxygen atoms in total. The molecule has 0 spiro atoms. The second kappa shape index (κ2) is 4.32. The molecule has 1 saturated heterocycles. The van der Waals surface area contributed by atoms with Crippen molar-refractivity contribution in [2.45, 2.75) is 24.2 Å². The molecule has 1 N–H and O–H groups in total. The van der Waals surface area contributed by atoms with E-state index in [9.17, 15) is 9.50 Å². The maximum atomic E-state index is 12.9. The molecule has 0 aromatic heterocycles. The van der Waals surface area contributed by atoms with Gasteiger partial charge >= 0.3 is 0 Å². The normalized spacial score (nSPS) is 23.7. The molecule has 1 aromatic carbocycles. The number of rotatable bonds is 2. The molecule has 3 heteroatoms. The van der Waals surface area contributed by atoms with E-state index in [0.29, 0.717) is 5.56 Å². The smallest absolute Gasteiger partial charge is 0.123 e. The van der Waals surface area contributed by atoms with Gasteiger partial charge in [0.2, 0.25) is 0 Å². The number of aliphatic hydroxyl groups is 1. The maximum absolute atomic E-state index is 12.9. The standard InChI is InChI=1S/C11H13FOS/c12-9-4-1-3-8(7-9)11(13)10-5-2-6-14-10/h1,3-4,7,10-11,13H,2,5-6H2. The maximum Gasteiger partial charge on any atom is 0.123 e. The Morgan fingerprint density at radius 2 is 2.36 bits per heavy atom. The number of hydrogen-bond acceptors (Lipinski definition) is 2. The lowest BCUT2D eigenvalue weighted by molar-refractivity contribution is 0.172. The van der Waals surface area contributed by atoms with Crippen LogP contribution in [0.15, 0.2) is 24.3 Å². The van der Waals surface area contributed by atoms with E-state index in [2.05, 4.69) is 0 Å². The topological polar surface area (TPSA) is 20.2 Å². The van der Waals surface area contributed by atoms with Crippen LogP contribution in [0.4, 0.5) is 4.39 Å². The van der Waals surface area contributed by atoms with Gasteiger partial charge in [-0.2, -0.15) is 11.8 Å². The van der Waals surface area contributed by atoms with Crippen molar-refractivity contribution in [2.24, 2.45) is 0 Å². The molecule has 0 saturated carbocycles. The average Bonchev–Trinajstić information content (AvgIpc) is 2.69. The lowest BCUT2D eigenvalue weighted by Gasteiger charge is -2.17.